The molecule has 1 aromatic rings. The smallest absolute Gasteiger partial charge is 0.0951 e. The van der Waals surface area contributed by atoms with Crippen LogP contribution in [0.15, 0.2) is 12.5 Å². The highest BCUT2D eigenvalue weighted by Gasteiger charge is 2.40. The molecule has 20 heavy (non-hydrogen) atoms. The Bertz CT molecular complexity index is 449. The quantitative estimate of drug-likeness (QED) is 0.918. The summed E-state index contributed by atoms with van der Waals surface area (Å²) in [7, 11) is 0. The van der Waals surface area contributed by atoms with Crippen LogP contribution in [0.3, 0.4) is 0 Å². The fraction of sp³-hybridized carbons (Fsp3) is 0.812. The largest absolute Gasteiger partial charge is 0.330 e. The zero-order chi connectivity index (χ0) is 13.4. The van der Waals surface area contributed by atoms with Gasteiger partial charge < -0.3 is 9.88 Å². The summed E-state index contributed by atoms with van der Waals surface area (Å²) in [5, 5.41) is 3.64. The van der Waals surface area contributed by atoms with Crippen LogP contribution in [0.25, 0.3) is 0 Å². The molecule has 1 N–H and O–H groups in total. The van der Waals surface area contributed by atoms with Crippen LogP contribution < -0.4 is 5.32 Å². The number of imidazole rings is 1. The van der Waals surface area contributed by atoms with Gasteiger partial charge in [-0.15, -0.1) is 0 Å². The van der Waals surface area contributed by atoms with Gasteiger partial charge in [-0.3, -0.25) is 4.90 Å². The van der Waals surface area contributed by atoms with Crippen LogP contribution in [0.5, 0.6) is 0 Å². The summed E-state index contributed by atoms with van der Waals surface area (Å²) in [6.07, 6.45) is 13.8. The molecule has 1 aliphatic heterocycles. The molecule has 2 heterocycles. The Hall–Kier alpha value is -0.870. The second-order valence-electron chi connectivity index (χ2n) is 6.91. The van der Waals surface area contributed by atoms with E-state index < -0.39 is 0 Å². The summed E-state index contributed by atoms with van der Waals surface area (Å²) in [6.45, 7) is 4.61. The molecule has 0 atom stereocenters. The molecule has 0 unspecified atom stereocenters. The Morgan fingerprint density at radius 2 is 2.10 bits per heavy atom. The van der Waals surface area contributed by atoms with Crippen LogP contribution in [-0.2, 0) is 6.54 Å². The lowest BCUT2D eigenvalue weighted by Gasteiger charge is -2.50. The van der Waals surface area contributed by atoms with Crippen molar-refractivity contribution in [2.45, 2.75) is 63.1 Å². The van der Waals surface area contributed by atoms with E-state index in [-0.39, 0.29) is 0 Å². The Labute approximate surface area is 121 Å². The third kappa shape index (κ3) is 2.29. The molecule has 0 radical (unpaired) electrons. The van der Waals surface area contributed by atoms with Gasteiger partial charge in [-0.1, -0.05) is 19.3 Å². The van der Waals surface area contributed by atoms with Gasteiger partial charge in [-0.25, -0.2) is 4.98 Å². The van der Waals surface area contributed by atoms with Crippen molar-refractivity contribution >= 4 is 0 Å². The molecule has 4 heteroatoms. The van der Waals surface area contributed by atoms with E-state index in [1.165, 1.54) is 63.7 Å². The maximum absolute atomic E-state index is 4.40. The molecule has 1 aromatic heterocycles. The fourth-order valence-electron chi connectivity index (χ4n) is 4.17. The van der Waals surface area contributed by atoms with Crippen molar-refractivity contribution in [3.05, 3.63) is 18.2 Å². The van der Waals surface area contributed by atoms with Crippen LogP contribution in [0, 0.1) is 0 Å². The Morgan fingerprint density at radius 1 is 1.25 bits per heavy atom. The molecule has 4 rings (SSSR count). The first-order chi connectivity index (χ1) is 9.87. The summed E-state index contributed by atoms with van der Waals surface area (Å²) in [4.78, 5) is 7.17. The van der Waals surface area contributed by atoms with Crippen molar-refractivity contribution in [2.24, 2.45) is 0 Å². The van der Waals surface area contributed by atoms with Crippen LogP contribution in [0.4, 0.5) is 0 Å². The lowest BCUT2D eigenvalue weighted by molar-refractivity contribution is 0.0191. The monoisotopic (exact) mass is 274 g/mol. The molecule has 2 saturated carbocycles. The molecule has 3 aliphatic rings. The third-order valence-corrected chi connectivity index (χ3v) is 5.51. The molecule has 2 aliphatic carbocycles. The summed E-state index contributed by atoms with van der Waals surface area (Å²) < 4.78 is 2.43. The second-order valence-corrected chi connectivity index (χ2v) is 6.91. The Balaban J connectivity index is 1.54. The summed E-state index contributed by atoms with van der Waals surface area (Å²) in [5.41, 5.74) is 1.86. The van der Waals surface area contributed by atoms with E-state index >= 15 is 0 Å². The highest BCUT2D eigenvalue weighted by Crippen LogP contribution is 2.38. The average Bonchev–Trinajstić information content (AvgIpc) is 3.23. The highest BCUT2D eigenvalue weighted by atomic mass is 15.3. The molecule has 0 aromatic carbocycles. The summed E-state index contributed by atoms with van der Waals surface area (Å²) >= 11 is 0. The molecule has 110 valence electrons. The van der Waals surface area contributed by atoms with Gasteiger partial charge in [0, 0.05) is 44.0 Å². The van der Waals surface area contributed by atoms with E-state index in [9.17, 15) is 0 Å². The Morgan fingerprint density at radius 3 is 2.90 bits per heavy atom. The first-order valence-electron chi connectivity index (χ1n) is 8.34. The SMILES string of the molecule is c1ncn(C2CC2)c1CN1CCNCC12CCCCC2. The van der Waals surface area contributed by atoms with E-state index in [0.717, 1.165) is 19.1 Å². The molecule has 4 nitrogen and oxygen atoms in total. The minimum atomic E-state index is 0.426. The van der Waals surface area contributed by atoms with Crippen molar-refractivity contribution in [1.82, 2.24) is 19.8 Å². The lowest BCUT2D eigenvalue weighted by Crippen LogP contribution is -2.61. The van der Waals surface area contributed by atoms with E-state index in [1.807, 2.05) is 6.33 Å². The Kier molecular flexibility index (Phi) is 3.31. The summed E-state index contributed by atoms with van der Waals surface area (Å²) in [6, 6.07) is 0.748. The standard InChI is InChI=1S/C16H26N4/c1-2-6-16(7-3-1)12-17-8-9-19(16)11-15-10-18-13-20(15)14-4-5-14/h10,13-14,17H,1-9,11-12H2. The first-order valence-corrected chi connectivity index (χ1v) is 8.34. The number of aromatic nitrogens is 2. The lowest BCUT2D eigenvalue weighted by atomic mass is 9.79. The van der Waals surface area contributed by atoms with Crippen LogP contribution in [0.2, 0.25) is 0 Å². The van der Waals surface area contributed by atoms with Crippen molar-refractivity contribution in [1.29, 1.82) is 0 Å². The second kappa shape index (κ2) is 5.15. The molecule has 3 fully saturated rings. The van der Waals surface area contributed by atoms with Gasteiger partial charge in [0.25, 0.3) is 0 Å². The molecule has 1 spiro atoms. The first kappa shape index (κ1) is 12.8. The zero-order valence-electron chi connectivity index (χ0n) is 12.4. The van der Waals surface area contributed by atoms with Gasteiger partial charge in [0.05, 0.1) is 12.0 Å². The molecular weight excluding hydrogens is 248 g/mol. The van der Waals surface area contributed by atoms with E-state index in [2.05, 4.69) is 26.0 Å². The minimum absolute atomic E-state index is 0.426. The maximum Gasteiger partial charge on any atom is 0.0951 e. The number of hydrogen-bond acceptors (Lipinski definition) is 3. The van der Waals surface area contributed by atoms with Gasteiger partial charge in [0.1, 0.15) is 0 Å². The van der Waals surface area contributed by atoms with Gasteiger partial charge in [-0.2, -0.15) is 0 Å². The van der Waals surface area contributed by atoms with Gasteiger partial charge in [0.15, 0.2) is 0 Å². The van der Waals surface area contributed by atoms with Crippen molar-refractivity contribution in [2.75, 3.05) is 19.6 Å². The van der Waals surface area contributed by atoms with Crippen molar-refractivity contribution in [3.63, 3.8) is 0 Å². The molecular formula is C16H26N4. The average molecular weight is 274 g/mol. The molecule has 0 bridgehead atoms. The molecule has 1 saturated heterocycles. The minimum Gasteiger partial charge on any atom is -0.330 e. The number of nitrogens with one attached hydrogen (secondary N) is 1. The molecule has 0 amide bonds. The predicted octanol–water partition coefficient (Wildman–Crippen LogP) is 2.33. The van der Waals surface area contributed by atoms with Crippen LogP contribution >= 0.6 is 0 Å². The number of piperazine rings is 1. The van der Waals surface area contributed by atoms with Gasteiger partial charge >= 0.3 is 0 Å². The maximum atomic E-state index is 4.40. The third-order valence-electron chi connectivity index (χ3n) is 5.51. The van der Waals surface area contributed by atoms with Crippen LogP contribution in [0.1, 0.15) is 56.7 Å². The fourth-order valence-corrected chi connectivity index (χ4v) is 4.17. The van der Waals surface area contributed by atoms with Crippen molar-refractivity contribution < 1.29 is 0 Å². The topological polar surface area (TPSA) is 33.1 Å². The zero-order valence-corrected chi connectivity index (χ0v) is 12.4. The van der Waals surface area contributed by atoms with Crippen molar-refractivity contribution in [3.8, 4) is 0 Å². The predicted molar refractivity (Wildman–Crippen MR) is 79.6 cm³/mol. The number of rotatable bonds is 3. The normalized spacial score (nSPS) is 27.0. The van der Waals surface area contributed by atoms with E-state index in [0.29, 0.717) is 5.54 Å². The number of nitrogens with zero attached hydrogens (tertiary/aromatic N) is 3. The number of hydrogen-bond donors (Lipinski definition) is 1. The summed E-state index contributed by atoms with van der Waals surface area (Å²) in [5.74, 6) is 0. The van der Waals surface area contributed by atoms with Gasteiger partial charge in [0.2, 0.25) is 0 Å². The van der Waals surface area contributed by atoms with E-state index in [1.54, 1.807) is 0 Å². The highest BCUT2D eigenvalue weighted by molar-refractivity contribution is 5.07. The van der Waals surface area contributed by atoms with Crippen LogP contribution in [-0.4, -0.2) is 39.6 Å². The van der Waals surface area contributed by atoms with E-state index in [4.69, 9.17) is 0 Å². The van der Waals surface area contributed by atoms with Gasteiger partial charge in [-0.05, 0) is 25.7 Å².